The van der Waals surface area contributed by atoms with Crippen LogP contribution in [0.2, 0.25) is 0 Å². The number of carbonyl (C=O) groups is 2. The van der Waals surface area contributed by atoms with Crippen molar-refractivity contribution in [3.8, 4) is 0 Å². The van der Waals surface area contributed by atoms with Crippen LogP contribution in [0.15, 0.2) is 18.3 Å². The summed E-state index contributed by atoms with van der Waals surface area (Å²) >= 11 is 0. The van der Waals surface area contributed by atoms with Crippen molar-refractivity contribution in [2.24, 2.45) is 0 Å². The minimum Gasteiger partial charge on any atom is -0.377 e. The number of hydrogen-bond donors (Lipinski definition) is 1. The van der Waals surface area contributed by atoms with Crippen LogP contribution < -0.4 is 5.32 Å². The summed E-state index contributed by atoms with van der Waals surface area (Å²) in [5, 5.41) is 2.67. The molecule has 1 aliphatic heterocycles. The molecule has 1 aliphatic rings. The highest BCUT2D eigenvalue weighted by Crippen LogP contribution is 2.12. The van der Waals surface area contributed by atoms with Crippen LogP contribution in [-0.4, -0.2) is 54.0 Å². The van der Waals surface area contributed by atoms with E-state index in [2.05, 4.69) is 10.3 Å². The van der Waals surface area contributed by atoms with Gasteiger partial charge in [-0.25, -0.2) is 4.98 Å². The highest BCUT2D eigenvalue weighted by Gasteiger charge is 2.33. The van der Waals surface area contributed by atoms with E-state index in [0.29, 0.717) is 19.7 Å². The molecule has 2 rings (SSSR count). The lowest BCUT2D eigenvalue weighted by Gasteiger charge is -2.34. The number of hydrogen-bond acceptors (Lipinski definition) is 4. The van der Waals surface area contributed by atoms with Crippen LogP contribution in [0.5, 0.6) is 0 Å². The number of morpholine rings is 1. The molecule has 20 heavy (non-hydrogen) atoms. The lowest BCUT2D eigenvalue weighted by molar-refractivity contribution is -0.130. The Kier molecular flexibility index (Phi) is 4.62. The number of ether oxygens (including phenoxy) is 1. The Morgan fingerprint density at radius 3 is 3.00 bits per heavy atom. The molecule has 7 heteroatoms. The van der Waals surface area contributed by atoms with Crippen molar-refractivity contribution in [2.75, 3.05) is 26.3 Å². The molecule has 1 atom stereocenters. The fraction of sp³-hybridized carbons (Fsp3) is 0.462. The fourth-order valence-electron chi connectivity index (χ4n) is 2.02. The SMILES string of the molecule is CCNC(=O)C1COCCN1C(=O)c1ccc(F)nc1. The minimum absolute atomic E-state index is 0.159. The van der Waals surface area contributed by atoms with Gasteiger partial charge < -0.3 is 15.0 Å². The van der Waals surface area contributed by atoms with Crippen molar-refractivity contribution in [1.29, 1.82) is 0 Å². The van der Waals surface area contributed by atoms with Crippen molar-refractivity contribution < 1.29 is 18.7 Å². The quantitative estimate of drug-likeness (QED) is 0.803. The first-order valence-corrected chi connectivity index (χ1v) is 6.41. The topological polar surface area (TPSA) is 71.5 Å². The molecule has 1 N–H and O–H groups in total. The molecule has 2 heterocycles. The average Bonchev–Trinajstić information content (AvgIpc) is 2.47. The van der Waals surface area contributed by atoms with Gasteiger partial charge in [0.2, 0.25) is 11.9 Å². The van der Waals surface area contributed by atoms with E-state index < -0.39 is 12.0 Å². The first-order chi connectivity index (χ1) is 9.63. The standard InChI is InChI=1S/C13H16FN3O3/c1-2-15-12(18)10-8-20-6-5-17(10)13(19)9-3-4-11(14)16-7-9/h3-4,7,10H,2,5-6,8H2,1H3,(H,15,18). The molecule has 0 bridgehead atoms. The lowest BCUT2D eigenvalue weighted by Crippen LogP contribution is -2.55. The Hall–Kier alpha value is -2.02. The highest BCUT2D eigenvalue weighted by atomic mass is 19.1. The molecule has 0 aromatic carbocycles. The summed E-state index contributed by atoms with van der Waals surface area (Å²) in [4.78, 5) is 29.2. The van der Waals surface area contributed by atoms with Gasteiger partial charge in [0.05, 0.1) is 18.8 Å². The van der Waals surface area contributed by atoms with Gasteiger partial charge >= 0.3 is 0 Å². The maximum absolute atomic E-state index is 12.8. The van der Waals surface area contributed by atoms with Gasteiger partial charge in [0.1, 0.15) is 6.04 Å². The first kappa shape index (κ1) is 14.4. The number of carbonyl (C=O) groups excluding carboxylic acids is 2. The normalized spacial score (nSPS) is 18.7. The molecule has 6 nitrogen and oxygen atoms in total. The van der Waals surface area contributed by atoms with Crippen LogP contribution >= 0.6 is 0 Å². The first-order valence-electron chi connectivity index (χ1n) is 6.41. The zero-order chi connectivity index (χ0) is 14.5. The predicted molar refractivity (Wildman–Crippen MR) is 68.5 cm³/mol. The minimum atomic E-state index is -0.666. The molecule has 108 valence electrons. The second-order valence-electron chi connectivity index (χ2n) is 4.35. The Bertz CT molecular complexity index is 492. The largest absolute Gasteiger partial charge is 0.377 e. The summed E-state index contributed by atoms with van der Waals surface area (Å²) in [5.41, 5.74) is 0.252. The second kappa shape index (κ2) is 6.42. The van der Waals surface area contributed by atoms with Gasteiger partial charge in [-0.05, 0) is 19.1 Å². The maximum atomic E-state index is 12.8. The molecule has 0 saturated carbocycles. The fourth-order valence-corrected chi connectivity index (χ4v) is 2.02. The van der Waals surface area contributed by atoms with Crippen molar-refractivity contribution in [3.05, 3.63) is 29.8 Å². The van der Waals surface area contributed by atoms with Crippen LogP contribution in [0.1, 0.15) is 17.3 Å². The number of halogens is 1. The van der Waals surface area contributed by atoms with E-state index in [1.807, 2.05) is 0 Å². The summed E-state index contributed by atoms with van der Waals surface area (Å²) < 4.78 is 18.0. The van der Waals surface area contributed by atoms with E-state index in [9.17, 15) is 14.0 Å². The van der Waals surface area contributed by atoms with Crippen LogP contribution in [0, 0.1) is 5.95 Å². The summed E-state index contributed by atoms with van der Waals surface area (Å²) in [7, 11) is 0. The van der Waals surface area contributed by atoms with Crippen LogP contribution in [0.25, 0.3) is 0 Å². The van der Waals surface area contributed by atoms with Crippen molar-refractivity contribution in [2.45, 2.75) is 13.0 Å². The predicted octanol–water partition coefficient (Wildman–Crippen LogP) is 0.198. The van der Waals surface area contributed by atoms with Crippen LogP contribution in [-0.2, 0) is 9.53 Å². The maximum Gasteiger partial charge on any atom is 0.256 e. The van der Waals surface area contributed by atoms with Gasteiger partial charge in [0.15, 0.2) is 0 Å². The third-order valence-corrected chi connectivity index (χ3v) is 3.02. The molecule has 0 aliphatic carbocycles. The van der Waals surface area contributed by atoms with Crippen molar-refractivity contribution >= 4 is 11.8 Å². The zero-order valence-corrected chi connectivity index (χ0v) is 11.1. The smallest absolute Gasteiger partial charge is 0.256 e. The number of nitrogens with one attached hydrogen (secondary N) is 1. The summed E-state index contributed by atoms with van der Waals surface area (Å²) in [5.74, 6) is -1.25. The number of aromatic nitrogens is 1. The number of rotatable bonds is 3. The third kappa shape index (κ3) is 3.11. The average molecular weight is 281 g/mol. The molecular weight excluding hydrogens is 265 g/mol. The summed E-state index contributed by atoms with van der Waals surface area (Å²) in [6.07, 6.45) is 1.17. The molecule has 2 amide bonds. The highest BCUT2D eigenvalue weighted by molar-refractivity contribution is 5.97. The van der Waals surface area contributed by atoms with Gasteiger partial charge in [0, 0.05) is 19.3 Å². The van der Waals surface area contributed by atoms with Gasteiger partial charge in [-0.2, -0.15) is 4.39 Å². The van der Waals surface area contributed by atoms with E-state index in [-0.39, 0.29) is 24.0 Å². The lowest BCUT2D eigenvalue weighted by atomic mass is 10.1. The van der Waals surface area contributed by atoms with Crippen LogP contribution in [0.4, 0.5) is 4.39 Å². The Morgan fingerprint density at radius 1 is 1.55 bits per heavy atom. The monoisotopic (exact) mass is 281 g/mol. The summed E-state index contributed by atoms with van der Waals surface area (Å²) in [6.45, 7) is 3.13. The van der Waals surface area contributed by atoms with E-state index in [0.717, 1.165) is 6.07 Å². The number of amides is 2. The van der Waals surface area contributed by atoms with E-state index in [1.165, 1.54) is 17.2 Å². The van der Waals surface area contributed by atoms with E-state index in [1.54, 1.807) is 6.92 Å². The van der Waals surface area contributed by atoms with E-state index >= 15 is 0 Å². The number of nitrogens with zero attached hydrogens (tertiary/aromatic N) is 2. The molecule has 1 aromatic heterocycles. The molecule has 1 fully saturated rings. The van der Waals surface area contributed by atoms with Crippen molar-refractivity contribution in [3.63, 3.8) is 0 Å². The van der Waals surface area contributed by atoms with Gasteiger partial charge in [-0.15, -0.1) is 0 Å². The van der Waals surface area contributed by atoms with Crippen LogP contribution in [0.3, 0.4) is 0 Å². The summed E-state index contributed by atoms with van der Waals surface area (Å²) in [6, 6.07) is 1.81. The third-order valence-electron chi connectivity index (χ3n) is 3.02. The van der Waals surface area contributed by atoms with Crippen molar-refractivity contribution in [1.82, 2.24) is 15.2 Å². The van der Waals surface area contributed by atoms with Gasteiger partial charge in [-0.3, -0.25) is 9.59 Å². The Balaban J connectivity index is 2.16. The Morgan fingerprint density at radius 2 is 2.35 bits per heavy atom. The molecular formula is C13H16FN3O3. The number of likely N-dealkylation sites (N-methyl/N-ethyl adjacent to an activating group) is 1. The van der Waals surface area contributed by atoms with Gasteiger partial charge in [-0.1, -0.05) is 0 Å². The molecule has 0 radical (unpaired) electrons. The second-order valence-corrected chi connectivity index (χ2v) is 4.35. The molecule has 0 spiro atoms. The number of pyridine rings is 1. The molecule has 1 unspecified atom stereocenters. The Labute approximate surface area is 115 Å². The van der Waals surface area contributed by atoms with E-state index in [4.69, 9.17) is 4.74 Å². The molecule has 1 aromatic rings. The zero-order valence-electron chi connectivity index (χ0n) is 11.1. The van der Waals surface area contributed by atoms with Gasteiger partial charge in [0.25, 0.3) is 5.91 Å². The molecule has 1 saturated heterocycles.